The molecule has 0 radical (unpaired) electrons. The smallest absolute Gasteiger partial charge is 0.343 e. The number of aromatic nitrogens is 2. The van der Waals surface area contributed by atoms with Gasteiger partial charge in [0, 0.05) is 5.56 Å². The number of esters is 1. The van der Waals surface area contributed by atoms with E-state index < -0.39 is 12.1 Å². The predicted octanol–water partition coefficient (Wildman–Crippen LogP) is 4.33. The normalized spacial score (nSPS) is 11.7. The number of hydrogen-bond donors (Lipinski definition) is 0. The van der Waals surface area contributed by atoms with Crippen molar-refractivity contribution in [3.05, 3.63) is 82.1 Å². The molecule has 0 aliphatic carbocycles. The third kappa shape index (κ3) is 4.66. The van der Waals surface area contributed by atoms with E-state index in [1.54, 1.807) is 43.0 Å². The molecule has 0 spiro atoms. The Balaban J connectivity index is 1.73. The van der Waals surface area contributed by atoms with E-state index in [0.29, 0.717) is 23.6 Å². The molecule has 29 heavy (non-hydrogen) atoms. The quantitative estimate of drug-likeness (QED) is 0.426. The molecule has 0 bridgehead atoms. The van der Waals surface area contributed by atoms with Crippen molar-refractivity contribution in [3.8, 4) is 5.75 Å². The summed E-state index contributed by atoms with van der Waals surface area (Å²) < 4.78 is 12.0. The van der Waals surface area contributed by atoms with E-state index >= 15 is 0 Å². The molecule has 0 fully saturated rings. The highest BCUT2D eigenvalue weighted by Crippen LogP contribution is 2.23. The summed E-state index contributed by atoms with van der Waals surface area (Å²) in [5.41, 5.74) is 2.03. The first-order chi connectivity index (χ1) is 13.9. The van der Waals surface area contributed by atoms with Gasteiger partial charge in [0.15, 0.2) is 6.10 Å². The molecule has 0 unspecified atom stereocenters. The summed E-state index contributed by atoms with van der Waals surface area (Å²) in [7, 11) is 1.55. The Morgan fingerprint density at radius 1 is 1.10 bits per heavy atom. The van der Waals surface area contributed by atoms with E-state index in [1.807, 2.05) is 30.3 Å². The Morgan fingerprint density at radius 3 is 2.38 bits per heavy atom. The highest BCUT2D eigenvalue weighted by Gasteiger charge is 2.26. The van der Waals surface area contributed by atoms with Gasteiger partial charge in [-0.15, -0.1) is 0 Å². The van der Waals surface area contributed by atoms with Crippen molar-refractivity contribution in [2.45, 2.75) is 26.5 Å². The summed E-state index contributed by atoms with van der Waals surface area (Å²) in [6.07, 6.45) is -0.969. The van der Waals surface area contributed by atoms with E-state index in [2.05, 4.69) is 5.10 Å². The number of ketones is 1. The fourth-order valence-electron chi connectivity index (χ4n) is 2.91. The maximum Gasteiger partial charge on any atom is 0.343 e. The second-order valence-corrected chi connectivity index (χ2v) is 6.89. The van der Waals surface area contributed by atoms with Crippen molar-refractivity contribution >= 4 is 23.4 Å². The van der Waals surface area contributed by atoms with E-state index in [9.17, 15) is 9.59 Å². The van der Waals surface area contributed by atoms with Gasteiger partial charge in [0.2, 0.25) is 5.78 Å². The summed E-state index contributed by atoms with van der Waals surface area (Å²) in [5, 5.41) is 4.52. The van der Waals surface area contributed by atoms with Gasteiger partial charge < -0.3 is 9.47 Å². The van der Waals surface area contributed by atoms with Crippen molar-refractivity contribution in [3.63, 3.8) is 0 Å². The molecule has 0 amide bonds. The summed E-state index contributed by atoms with van der Waals surface area (Å²) in [6.45, 7) is 3.64. The zero-order valence-corrected chi connectivity index (χ0v) is 17.1. The van der Waals surface area contributed by atoms with Gasteiger partial charge in [-0.25, -0.2) is 9.48 Å². The van der Waals surface area contributed by atoms with Crippen LogP contribution in [0.2, 0.25) is 5.15 Å². The van der Waals surface area contributed by atoms with Gasteiger partial charge in [0.1, 0.15) is 16.5 Å². The van der Waals surface area contributed by atoms with Crippen molar-refractivity contribution in [2.75, 3.05) is 7.11 Å². The molecular formula is C22H21ClN2O4. The van der Waals surface area contributed by atoms with Gasteiger partial charge >= 0.3 is 5.97 Å². The fourth-order valence-corrected chi connectivity index (χ4v) is 3.22. The number of ether oxygens (including phenoxy) is 2. The van der Waals surface area contributed by atoms with Crippen molar-refractivity contribution in [2.24, 2.45) is 0 Å². The average molecular weight is 413 g/mol. The molecule has 0 aliphatic heterocycles. The summed E-state index contributed by atoms with van der Waals surface area (Å²) in [4.78, 5) is 25.2. The van der Waals surface area contributed by atoms with Gasteiger partial charge in [0.05, 0.1) is 19.3 Å². The van der Waals surface area contributed by atoms with E-state index in [0.717, 1.165) is 5.56 Å². The predicted molar refractivity (Wildman–Crippen MR) is 110 cm³/mol. The Hall–Kier alpha value is -3.12. The minimum absolute atomic E-state index is 0.164. The molecule has 6 nitrogen and oxygen atoms in total. The van der Waals surface area contributed by atoms with Crippen LogP contribution in [0.15, 0.2) is 54.6 Å². The molecule has 0 N–H and O–H groups in total. The molecule has 3 aromatic rings. The van der Waals surface area contributed by atoms with Crippen molar-refractivity contribution in [1.82, 2.24) is 9.78 Å². The Kier molecular flexibility index (Phi) is 6.34. The molecular weight excluding hydrogens is 392 g/mol. The molecule has 1 atom stereocenters. The van der Waals surface area contributed by atoms with Crippen LogP contribution in [-0.2, 0) is 11.3 Å². The van der Waals surface area contributed by atoms with Gasteiger partial charge in [-0.1, -0.05) is 41.9 Å². The minimum Gasteiger partial charge on any atom is -0.497 e. The first-order valence-corrected chi connectivity index (χ1v) is 9.44. The molecule has 150 valence electrons. The summed E-state index contributed by atoms with van der Waals surface area (Å²) in [5.74, 6) is -0.355. The second kappa shape index (κ2) is 8.92. The maximum atomic E-state index is 12.7. The topological polar surface area (TPSA) is 70.4 Å². The number of Topliss-reactive ketones (excluding diaryl/α,β-unsaturated/α-hetero) is 1. The first kappa shape index (κ1) is 20.6. The number of benzene rings is 2. The lowest BCUT2D eigenvalue weighted by atomic mass is 10.1. The lowest BCUT2D eigenvalue weighted by Gasteiger charge is -2.12. The van der Waals surface area contributed by atoms with Crippen molar-refractivity contribution < 1.29 is 19.1 Å². The first-order valence-electron chi connectivity index (χ1n) is 9.06. The average Bonchev–Trinajstić information content (AvgIpc) is 3.01. The second-order valence-electron chi connectivity index (χ2n) is 6.53. The zero-order chi connectivity index (χ0) is 21.0. The molecule has 1 aromatic heterocycles. The molecule has 3 rings (SSSR count). The molecule has 2 aromatic carbocycles. The molecule has 7 heteroatoms. The number of carbonyl (C=O) groups is 2. The van der Waals surface area contributed by atoms with Crippen LogP contribution in [0.4, 0.5) is 0 Å². The number of carbonyl (C=O) groups excluding carboxylic acids is 2. The van der Waals surface area contributed by atoms with Gasteiger partial charge in [0.25, 0.3) is 0 Å². The van der Waals surface area contributed by atoms with Gasteiger partial charge in [-0.05, 0) is 43.7 Å². The highest BCUT2D eigenvalue weighted by molar-refractivity contribution is 6.32. The number of methoxy groups -OCH3 is 1. The van der Waals surface area contributed by atoms with Gasteiger partial charge in [-0.3, -0.25) is 4.79 Å². The van der Waals surface area contributed by atoms with Crippen LogP contribution in [0.25, 0.3) is 0 Å². The number of halogens is 1. The lowest BCUT2D eigenvalue weighted by molar-refractivity contribution is 0.0318. The van der Waals surface area contributed by atoms with Crippen LogP contribution < -0.4 is 4.74 Å². The van der Waals surface area contributed by atoms with E-state index in [-0.39, 0.29) is 16.5 Å². The molecule has 0 saturated carbocycles. The zero-order valence-electron chi connectivity index (χ0n) is 16.4. The number of aryl methyl sites for hydroxylation is 1. The van der Waals surface area contributed by atoms with Crippen molar-refractivity contribution in [1.29, 1.82) is 0 Å². The highest BCUT2D eigenvalue weighted by atomic mass is 35.5. The monoisotopic (exact) mass is 412 g/mol. The van der Waals surface area contributed by atoms with Crippen LogP contribution in [-0.4, -0.2) is 34.7 Å². The molecule has 0 saturated heterocycles. The molecule has 1 heterocycles. The Labute approximate surface area is 174 Å². The Morgan fingerprint density at radius 2 is 1.76 bits per heavy atom. The third-order valence-corrected chi connectivity index (χ3v) is 4.86. The lowest BCUT2D eigenvalue weighted by Crippen LogP contribution is -2.24. The van der Waals surface area contributed by atoms with Crippen LogP contribution in [0, 0.1) is 6.92 Å². The summed E-state index contributed by atoms with van der Waals surface area (Å²) >= 11 is 6.39. The summed E-state index contributed by atoms with van der Waals surface area (Å²) in [6, 6.07) is 16.3. The third-order valence-electron chi connectivity index (χ3n) is 4.47. The molecule has 0 aliphatic rings. The van der Waals surface area contributed by atoms with E-state index in [1.165, 1.54) is 6.92 Å². The maximum absolute atomic E-state index is 12.7. The number of rotatable bonds is 7. The fraction of sp³-hybridized carbons (Fsp3) is 0.227. The van der Waals surface area contributed by atoms with Gasteiger partial charge in [-0.2, -0.15) is 5.10 Å². The largest absolute Gasteiger partial charge is 0.497 e. The Bertz CT molecular complexity index is 1010. The van der Waals surface area contributed by atoms with Crippen LogP contribution in [0.5, 0.6) is 5.75 Å². The van der Waals surface area contributed by atoms with E-state index in [4.69, 9.17) is 21.1 Å². The minimum atomic E-state index is -0.969. The number of nitrogens with zero attached hydrogens (tertiary/aromatic N) is 2. The van der Waals surface area contributed by atoms with Crippen LogP contribution in [0.3, 0.4) is 0 Å². The number of hydrogen-bond acceptors (Lipinski definition) is 5. The SMILES string of the molecule is COc1ccc(C(=O)[C@H](C)OC(=O)c2c(C)nn(Cc3ccccc3)c2Cl)cc1. The van der Waals surface area contributed by atoms with Crippen LogP contribution >= 0.6 is 11.6 Å². The standard InChI is InChI=1S/C22H21ClN2O4/c1-14-19(21(23)25(24-14)13-16-7-5-4-6-8-16)22(27)29-15(2)20(26)17-9-11-18(28-3)12-10-17/h4-12,15H,13H2,1-3H3/t15-/m0/s1. The van der Waals surface area contributed by atoms with Crippen LogP contribution in [0.1, 0.15) is 38.9 Å².